The topological polar surface area (TPSA) is 116 Å². The molecule has 2 unspecified atom stereocenters. The van der Waals surface area contributed by atoms with Gasteiger partial charge in [0.15, 0.2) is 0 Å². The van der Waals surface area contributed by atoms with E-state index in [0.29, 0.717) is 32.4 Å². The number of carboxylic acids is 1. The van der Waals surface area contributed by atoms with Crippen molar-refractivity contribution in [3.63, 3.8) is 0 Å². The maximum Gasteiger partial charge on any atom is 0.308 e. The van der Waals surface area contributed by atoms with Gasteiger partial charge in [0.2, 0.25) is 11.8 Å². The minimum Gasteiger partial charge on any atom is -0.490 e. The van der Waals surface area contributed by atoms with Crippen molar-refractivity contribution in [2.24, 2.45) is 11.8 Å². The molecular weight excluding hydrogens is 400 g/mol. The molecule has 0 bridgehead atoms. The number of carbonyl (C=O) groups is 3. The fourth-order valence-electron chi connectivity index (χ4n) is 4.93. The molecule has 2 saturated heterocycles. The normalized spacial score (nSPS) is 31.2. The maximum atomic E-state index is 12.7. The molecule has 8 heteroatoms. The molecule has 3 N–H and O–H groups in total. The molecule has 3 fully saturated rings. The first-order valence-corrected chi connectivity index (χ1v) is 11.2. The molecule has 3 aliphatic rings. The van der Waals surface area contributed by atoms with Crippen molar-refractivity contribution in [2.75, 3.05) is 13.1 Å². The number of aliphatic carboxylic acids is 1. The first kappa shape index (κ1) is 21.6. The molecule has 2 aliphatic heterocycles. The van der Waals surface area contributed by atoms with Gasteiger partial charge in [0.25, 0.3) is 0 Å². The number of hydrogen-bond donors (Lipinski definition) is 3. The van der Waals surface area contributed by atoms with Crippen LogP contribution in [0.15, 0.2) is 24.3 Å². The zero-order valence-electron chi connectivity index (χ0n) is 17.5. The minimum atomic E-state index is -0.819. The average molecular weight is 431 g/mol. The Hall–Kier alpha value is -2.61. The standard InChI is InChI=1S/C23H30N2O6/c26-20-10-9-19(21(27)24-20)14-1-5-17(6-2-14)31-18-7-3-15(4-8-18)22(28)25-12-11-16(13-25)23(29)30/h1-2,5-6,15-16,18-20,26H,3-4,7-13H2,(H,24,27)(H,29,30)/t15?,16-,18?,19?,20?/m1/s1. The molecule has 31 heavy (non-hydrogen) atoms. The number of nitrogens with one attached hydrogen (secondary N) is 1. The van der Waals surface area contributed by atoms with E-state index in [1.807, 2.05) is 24.3 Å². The average Bonchev–Trinajstić information content (AvgIpc) is 3.25. The van der Waals surface area contributed by atoms with Crippen molar-refractivity contribution in [2.45, 2.75) is 63.2 Å². The largest absolute Gasteiger partial charge is 0.490 e. The third-order valence-electron chi connectivity index (χ3n) is 6.81. The van der Waals surface area contributed by atoms with Gasteiger partial charge in [-0.1, -0.05) is 12.1 Å². The molecule has 1 aromatic rings. The third kappa shape index (κ3) is 5.01. The Labute approximate surface area is 181 Å². The molecule has 2 heterocycles. The zero-order valence-corrected chi connectivity index (χ0v) is 17.5. The second-order valence-corrected chi connectivity index (χ2v) is 8.92. The van der Waals surface area contributed by atoms with Crippen LogP contribution in [-0.4, -0.2) is 58.3 Å². The first-order valence-electron chi connectivity index (χ1n) is 11.2. The number of ether oxygens (including phenoxy) is 1. The van der Waals surface area contributed by atoms with Crippen LogP contribution in [0.4, 0.5) is 0 Å². The summed E-state index contributed by atoms with van der Waals surface area (Å²) in [4.78, 5) is 37.6. The van der Waals surface area contributed by atoms with E-state index in [0.717, 1.165) is 37.0 Å². The third-order valence-corrected chi connectivity index (χ3v) is 6.81. The molecule has 0 radical (unpaired) electrons. The lowest BCUT2D eigenvalue weighted by Crippen LogP contribution is -2.42. The summed E-state index contributed by atoms with van der Waals surface area (Å²) < 4.78 is 6.10. The van der Waals surface area contributed by atoms with Crippen LogP contribution in [0, 0.1) is 11.8 Å². The second-order valence-electron chi connectivity index (χ2n) is 8.92. The van der Waals surface area contributed by atoms with Gasteiger partial charge in [-0.15, -0.1) is 0 Å². The molecule has 2 amide bonds. The number of likely N-dealkylation sites (tertiary alicyclic amines) is 1. The molecule has 168 valence electrons. The lowest BCUT2D eigenvalue weighted by molar-refractivity contribution is -0.142. The summed E-state index contributed by atoms with van der Waals surface area (Å²) in [7, 11) is 0. The smallest absolute Gasteiger partial charge is 0.308 e. The van der Waals surface area contributed by atoms with Gasteiger partial charge >= 0.3 is 5.97 Å². The van der Waals surface area contributed by atoms with Gasteiger partial charge in [-0.3, -0.25) is 14.4 Å². The van der Waals surface area contributed by atoms with Crippen molar-refractivity contribution in [3.8, 4) is 5.75 Å². The van der Waals surface area contributed by atoms with Gasteiger partial charge in [-0.25, -0.2) is 0 Å². The Morgan fingerprint density at radius 1 is 0.968 bits per heavy atom. The van der Waals surface area contributed by atoms with Gasteiger partial charge in [0, 0.05) is 19.0 Å². The van der Waals surface area contributed by atoms with Crippen molar-refractivity contribution in [3.05, 3.63) is 29.8 Å². The van der Waals surface area contributed by atoms with Gasteiger partial charge in [-0.05, 0) is 62.6 Å². The number of nitrogens with zero attached hydrogens (tertiary/aromatic N) is 1. The number of carbonyl (C=O) groups excluding carboxylic acids is 2. The van der Waals surface area contributed by atoms with Crippen LogP contribution < -0.4 is 10.1 Å². The number of carboxylic acid groups (broad SMARTS) is 1. The van der Waals surface area contributed by atoms with Gasteiger partial charge in [0.05, 0.1) is 17.9 Å². The van der Waals surface area contributed by atoms with Gasteiger partial charge in [0.1, 0.15) is 12.0 Å². The SMILES string of the molecule is O=C1NC(O)CCC1c1ccc(OC2CCC(C(=O)N3CC[C@@H](C(=O)O)C3)CC2)cc1. The van der Waals surface area contributed by atoms with Crippen LogP contribution in [0.2, 0.25) is 0 Å². The Morgan fingerprint density at radius 2 is 1.68 bits per heavy atom. The highest BCUT2D eigenvalue weighted by Crippen LogP contribution is 2.32. The number of rotatable bonds is 5. The monoisotopic (exact) mass is 430 g/mol. The fraction of sp³-hybridized carbons (Fsp3) is 0.609. The molecule has 0 spiro atoms. The molecule has 1 saturated carbocycles. The van der Waals surface area contributed by atoms with Crippen molar-refractivity contribution in [1.29, 1.82) is 0 Å². The lowest BCUT2D eigenvalue weighted by Gasteiger charge is -2.31. The van der Waals surface area contributed by atoms with E-state index in [2.05, 4.69) is 5.32 Å². The number of amides is 2. The van der Waals surface area contributed by atoms with Crippen molar-refractivity contribution < 1.29 is 29.3 Å². The first-order chi connectivity index (χ1) is 14.9. The molecule has 1 aliphatic carbocycles. The number of hydrogen-bond acceptors (Lipinski definition) is 5. The predicted molar refractivity (Wildman–Crippen MR) is 111 cm³/mol. The zero-order chi connectivity index (χ0) is 22.0. The van der Waals surface area contributed by atoms with E-state index in [1.54, 1.807) is 4.90 Å². The minimum absolute atomic E-state index is 0.0464. The van der Waals surface area contributed by atoms with Gasteiger partial charge in [-0.2, -0.15) is 0 Å². The highest BCUT2D eigenvalue weighted by Gasteiger charge is 2.36. The predicted octanol–water partition coefficient (Wildman–Crippen LogP) is 1.87. The lowest BCUT2D eigenvalue weighted by atomic mass is 9.86. The quantitative estimate of drug-likeness (QED) is 0.657. The number of benzene rings is 1. The molecule has 3 atom stereocenters. The van der Waals surface area contributed by atoms with E-state index in [1.165, 1.54) is 0 Å². The Balaban J connectivity index is 1.25. The molecule has 1 aromatic carbocycles. The van der Waals surface area contributed by atoms with Crippen molar-refractivity contribution >= 4 is 17.8 Å². The summed E-state index contributed by atoms with van der Waals surface area (Å²) in [5.74, 6) is -0.860. The van der Waals surface area contributed by atoms with Crippen LogP contribution in [0.25, 0.3) is 0 Å². The highest BCUT2D eigenvalue weighted by atomic mass is 16.5. The highest BCUT2D eigenvalue weighted by molar-refractivity contribution is 5.84. The summed E-state index contributed by atoms with van der Waals surface area (Å²) in [5, 5.41) is 21.2. The fourth-order valence-corrected chi connectivity index (χ4v) is 4.93. The van der Waals surface area contributed by atoms with E-state index < -0.39 is 18.1 Å². The van der Waals surface area contributed by atoms with Crippen LogP contribution in [0.3, 0.4) is 0 Å². The van der Waals surface area contributed by atoms with E-state index in [9.17, 15) is 19.5 Å². The second kappa shape index (κ2) is 9.26. The van der Waals surface area contributed by atoms with E-state index >= 15 is 0 Å². The van der Waals surface area contributed by atoms with Crippen molar-refractivity contribution in [1.82, 2.24) is 10.2 Å². The van der Waals surface area contributed by atoms with E-state index in [-0.39, 0.29) is 29.8 Å². The Kier molecular flexibility index (Phi) is 6.46. The summed E-state index contributed by atoms with van der Waals surface area (Å²) in [5.41, 5.74) is 0.913. The van der Waals surface area contributed by atoms with Crippen LogP contribution in [0.5, 0.6) is 5.75 Å². The summed E-state index contributed by atoms with van der Waals surface area (Å²) in [6.07, 6.45) is 4.08. The molecule has 8 nitrogen and oxygen atoms in total. The number of piperidine rings is 1. The Morgan fingerprint density at radius 3 is 2.29 bits per heavy atom. The van der Waals surface area contributed by atoms with Crippen LogP contribution in [0.1, 0.15) is 56.4 Å². The summed E-state index contributed by atoms with van der Waals surface area (Å²) >= 11 is 0. The summed E-state index contributed by atoms with van der Waals surface area (Å²) in [6, 6.07) is 7.56. The summed E-state index contributed by atoms with van der Waals surface area (Å²) in [6.45, 7) is 0.867. The van der Waals surface area contributed by atoms with E-state index in [4.69, 9.17) is 9.84 Å². The maximum absolute atomic E-state index is 12.7. The number of aliphatic hydroxyl groups excluding tert-OH is 1. The van der Waals surface area contributed by atoms with Crippen LogP contribution >= 0.6 is 0 Å². The molecule has 4 rings (SSSR count). The number of aliphatic hydroxyl groups is 1. The molecular formula is C23H30N2O6. The Bertz CT molecular complexity index is 818. The van der Waals surface area contributed by atoms with Gasteiger partial charge < -0.3 is 25.2 Å². The molecule has 0 aromatic heterocycles. The van der Waals surface area contributed by atoms with Crippen LogP contribution in [-0.2, 0) is 14.4 Å².